The smallest absolute Gasteiger partial charge is 0.302 e. The molecule has 0 saturated carbocycles. The van der Waals surface area contributed by atoms with Crippen molar-refractivity contribution < 1.29 is 19.7 Å². The molecule has 4 rings (SSSR count). The highest BCUT2D eigenvalue weighted by Gasteiger charge is 2.36. The third kappa shape index (κ3) is 3.07. The summed E-state index contributed by atoms with van der Waals surface area (Å²) in [6.07, 6.45) is -0.803. The number of hydrogen-bond donors (Lipinski definition) is 3. The summed E-state index contributed by atoms with van der Waals surface area (Å²) < 4.78 is 8.25. The second-order valence-electron chi connectivity index (χ2n) is 6.61. The largest absolute Gasteiger partial charge is 0.394 e. The summed E-state index contributed by atoms with van der Waals surface area (Å²) in [7, 11) is 0. The lowest BCUT2D eigenvalue weighted by molar-refractivity contribution is -0.0433. The maximum atomic E-state index is 13.0. The summed E-state index contributed by atoms with van der Waals surface area (Å²) >= 11 is 0. The molecule has 1 fully saturated rings. The maximum absolute atomic E-state index is 13.0. The fourth-order valence-electron chi connectivity index (χ4n) is 3.40. The summed E-state index contributed by atoms with van der Waals surface area (Å²) in [6.45, 7) is -0.353. The van der Waals surface area contributed by atoms with E-state index in [2.05, 4.69) is 9.97 Å². The Bertz CT molecular complexity index is 1080. The van der Waals surface area contributed by atoms with Crippen LogP contribution in [0.2, 0.25) is 0 Å². The lowest BCUT2D eigenvalue weighted by Gasteiger charge is -2.17. The predicted molar refractivity (Wildman–Crippen MR) is 98.6 cm³/mol. The fraction of sp³-hybridized carbons (Fsp3) is 0.333. The van der Waals surface area contributed by atoms with Crippen LogP contribution in [0.15, 0.2) is 41.5 Å². The van der Waals surface area contributed by atoms with E-state index < -0.39 is 24.0 Å². The molecule has 0 aliphatic carbocycles. The molecule has 2 aromatic heterocycles. The number of aromatic nitrogens is 4. The number of hydrogen-bond acceptors (Lipinski definition) is 8. The molecule has 28 heavy (non-hydrogen) atoms. The summed E-state index contributed by atoms with van der Waals surface area (Å²) in [5, 5.41) is 19.3. The number of anilines is 1. The summed E-state index contributed by atoms with van der Waals surface area (Å²) in [5.74, 6) is -0.641. The number of nitrogens with zero attached hydrogens (tertiary/aromatic N) is 4. The number of aliphatic hydroxyl groups is 2. The first-order chi connectivity index (χ1) is 13.5. The van der Waals surface area contributed by atoms with Gasteiger partial charge in [-0.2, -0.15) is 4.98 Å². The lowest BCUT2D eigenvalue weighted by atomic mass is 10.1. The molecule has 3 aromatic rings. The van der Waals surface area contributed by atoms with Crippen LogP contribution in [0.5, 0.6) is 0 Å². The van der Waals surface area contributed by atoms with Gasteiger partial charge in [0.25, 0.3) is 0 Å². The van der Waals surface area contributed by atoms with Crippen molar-refractivity contribution in [3.63, 3.8) is 0 Å². The first-order valence-corrected chi connectivity index (χ1v) is 8.76. The van der Waals surface area contributed by atoms with Gasteiger partial charge >= 0.3 is 5.56 Å². The number of ether oxygens (including phenoxy) is 1. The Morgan fingerprint density at radius 1 is 1.32 bits per heavy atom. The number of carbonyl (C=O) groups excluding carboxylic acids is 1. The fourth-order valence-corrected chi connectivity index (χ4v) is 3.40. The molecule has 0 amide bonds. The highest BCUT2D eigenvalue weighted by Crippen LogP contribution is 2.31. The molecule has 0 spiro atoms. The van der Waals surface area contributed by atoms with Gasteiger partial charge in [0.2, 0.25) is 11.9 Å². The van der Waals surface area contributed by atoms with E-state index in [0.717, 1.165) is 10.1 Å². The van der Waals surface area contributed by atoms with Gasteiger partial charge in [-0.15, -0.1) is 0 Å². The van der Waals surface area contributed by atoms with Crippen LogP contribution < -0.4 is 11.3 Å². The minimum Gasteiger partial charge on any atom is -0.394 e. The average molecular weight is 385 g/mol. The van der Waals surface area contributed by atoms with Gasteiger partial charge in [-0.1, -0.05) is 30.3 Å². The molecule has 146 valence electrons. The summed E-state index contributed by atoms with van der Waals surface area (Å²) in [6, 6.07) is 9.09. The van der Waals surface area contributed by atoms with Gasteiger partial charge in [0.15, 0.2) is 11.2 Å². The van der Waals surface area contributed by atoms with Gasteiger partial charge in [0.05, 0.1) is 25.5 Å². The van der Waals surface area contributed by atoms with Crippen LogP contribution >= 0.6 is 0 Å². The van der Waals surface area contributed by atoms with Crippen LogP contribution in [0, 0.1) is 0 Å². The molecule has 0 radical (unpaired) electrons. The Hall–Kier alpha value is -3.08. The highest BCUT2D eigenvalue weighted by molar-refractivity contribution is 5.91. The SMILES string of the molecule is Nc1nc(=O)c2ncn([C@H]3C[C@H](O)[C@@H](CO)O3)c2n1C(=O)Cc1ccccc1. The number of imidazole rings is 1. The minimum absolute atomic E-state index is 0.0267. The van der Waals surface area contributed by atoms with Crippen molar-refractivity contribution >= 4 is 23.0 Å². The summed E-state index contributed by atoms with van der Waals surface area (Å²) in [4.78, 5) is 33.0. The predicted octanol–water partition coefficient (Wildman–Crippen LogP) is -0.301. The number of fused-ring (bicyclic) bond motifs is 1. The standard InChI is InChI=1S/C18H19N5O5/c19-18-21-16(27)15-17(23(18)13(26)6-10-4-2-1-3-5-10)22(9-20-15)14-7-11(25)12(8-24)28-14/h1-5,9,11-12,14,24-25H,6-8H2,(H2,19,21,27)/t11-,12+,14+/m0/s1. The Morgan fingerprint density at radius 2 is 2.07 bits per heavy atom. The molecule has 4 N–H and O–H groups in total. The second kappa shape index (κ2) is 7.15. The van der Waals surface area contributed by atoms with Gasteiger partial charge < -0.3 is 20.7 Å². The van der Waals surface area contributed by atoms with E-state index in [-0.39, 0.29) is 42.5 Å². The zero-order chi connectivity index (χ0) is 19.8. The number of nitrogens with two attached hydrogens (primary N) is 1. The van der Waals surface area contributed by atoms with Crippen LogP contribution in [0.25, 0.3) is 11.2 Å². The second-order valence-corrected chi connectivity index (χ2v) is 6.61. The van der Waals surface area contributed by atoms with Crippen molar-refractivity contribution in [2.45, 2.75) is 31.3 Å². The molecule has 10 nitrogen and oxygen atoms in total. The van der Waals surface area contributed by atoms with Crippen LogP contribution in [0.1, 0.15) is 23.0 Å². The van der Waals surface area contributed by atoms with Crippen LogP contribution in [-0.4, -0.2) is 54.0 Å². The van der Waals surface area contributed by atoms with Crippen molar-refractivity contribution in [1.82, 2.24) is 19.1 Å². The van der Waals surface area contributed by atoms with E-state index in [1.54, 1.807) is 12.1 Å². The molecule has 1 aromatic carbocycles. The van der Waals surface area contributed by atoms with Crippen molar-refractivity contribution in [1.29, 1.82) is 0 Å². The van der Waals surface area contributed by atoms with Crippen molar-refractivity contribution in [2.24, 2.45) is 0 Å². The Morgan fingerprint density at radius 3 is 2.75 bits per heavy atom. The van der Waals surface area contributed by atoms with E-state index >= 15 is 0 Å². The van der Waals surface area contributed by atoms with E-state index in [0.29, 0.717) is 0 Å². The number of benzene rings is 1. The van der Waals surface area contributed by atoms with Crippen LogP contribution in [0.3, 0.4) is 0 Å². The number of rotatable bonds is 4. The van der Waals surface area contributed by atoms with Gasteiger partial charge in [-0.05, 0) is 5.56 Å². The number of aliphatic hydroxyl groups excluding tert-OH is 2. The first kappa shape index (κ1) is 18.3. The highest BCUT2D eigenvalue weighted by atomic mass is 16.5. The van der Waals surface area contributed by atoms with Crippen molar-refractivity contribution in [2.75, 3.05) is 12.3 Å². The Labute approximate surface area is 158 Å². The van der Waals surface area contributed by atoms with Gasteiger partial charge in [-0.3, -0.25) is 14.2 Å². The van der Waals surface area contributed by atoms with E-state index in [9.17, 15) is 19.8 Å². The van der Waals surface area contributed by atoms with E-state index in [1.165, 1.54) is 10.9 Å². The molecule has 1 aliphatic rings. The van der Waals surface area contributed by atoms with E-state index in [4.69, 9.17) is 10.5 Å². The van der Waals surface area contributed by atoms with Crippen molar-refractivity contribution in [3.8, 4) is 0 Å². The minimum atomic E-state index is -0.883. The molecule has 10 heteroatoms. The number of carbonyl (C=O) groups is 1. The normalized spacial score (nSPS) is 22.0. The number of nitrogen functional groups attached to an aromatic ring is 1. The first-order valence-electron chi connectivity index (χ1n) is 8.76. The van der Waals surface area contributed by atoms with E-state index in [1.807, 2.05) is 18.2 Å². The van der Waals surface area contributed by atoms with Crippen molar-refractivity contribution in [3.05, 3.63) is 52.6 Å². The molecule has 3 heterocycles. The average Bonchev–Trinajstić information content (AvgIpc) is 3.26. The maximum Gasteiger partial charge on any atom is 0.302 e. The topological polar surface area (TPSA) is 145 Å². The third-order valence-electron chi connectivity index (χ3n) is 4.77. The zero-order valence-corrected chi connectivity index (χ0v) is 14.8. The molecular formula is C18H19N5O5. The monoisotopic (exact) mass is 385 g/mol. The molecule has 1 saturated heterocycles. The quantitative estimate of drug-likeness (QED) is 0.555. The molecular weight excluding hydrogens is 366 g/mol. The zero-order valence-electron chi connectivity index (χ0n) is 14.8. The van der Waals surface area contributed by atoms with Gasteiger partial charge in [0.1, 0.15) is 12.3 Å². The Balaban J connectivity index is 1.81. The van der Waals surface area contributed by atoms with Crippen LogP contribution in [0.4, 0.5) is 5.95 Å². The summed E-state index contributed by atoms with van der Waals surface area (Å²) in [5.41, 5.74) is 6.15. The van der Waals surface area contributed by atoms with Gasteiger partial charge in [0, 0.05) is 6.42 Å². The molecule has 0 unspecified atom stereocenters. The van der Waals surface area contributed by atoms with Crippen LogP contribution in [-0.2, 0) is 11.2 Å². The molecule has 0 bridgehead atoms. The Kier molecular flexibility index (Phi) is 4.67. The lowest BCUT2D eigenvalue weighted by Crippen LogP contribution is -2.26. The third-order valence-corrected chi connectivity index (χ3v) is 4.77. The molecule has 1 aliphatic heterocycles. The molecule has 3 atom stereocenters. The van der Waals surface area contributed by atoms with Gasteiger partial charge in [-0.25, -0.2) is 9.55 Å².